The molecule has 0 bridgehead atoms. The van der Waals surface area contributed by atoms with Gasteiger partial charge in [0, 0.05) is 23.8 Å². The van der Waals surface area contributed by atoms with E-state index in [0.29, 0.717) is 5.02 Å². The predicted molar refractivity (Wildman–Crippen MR) is 103 cm³/mol. The summed E-state index contributed by atoms with van der Waals surface area (Å²) in [5.41, 5.74) is 4.41. The van der Waals surface area contributed by atoms with Crippen LogP contribution in [-0.2, 0) is 0 Å². The van der Waals surface area contributed by atoms with E-state index < -0.39 is 0 Å². The SMILES string of the molecule is CN=C(/C=C(\C)Oc1c(C)cc(C)cc1C)Nc1ccc(Cl)cc1. The maximum atomic E-state index is 6.04. The molecule has 2 aromatic carbocycles. The summed E-state index contributed by atoms with van der Waals surface area (Å²) in [6.45, 7) is 8.13. The zero-order valence-electron chi connectivity index (χ0n) is 14.8. The maximum Gasteiger partial charge on any atom is 0.132 e. The lowest BCUT2D eigenvalue weighted by atomic mass is 10.1. The second-order valence-corrected chi connectivity index (χ2v) is 6.26. The Morgan fingerprint density at radius 2 is 1.67 bits per heavy atom. The summed E-state index contributed by atoms with van der Waals surface area (Å²) in [5, 5.41) is 3.95. The average Bonchev–Trinajstić information content (AvgIpc) is 2.52. The van der Waals surface area contributed by atoms with Crippen molar-refractivity contribution < 1.29 is 4.74 Å². The summed E-state index contributed by atoms with van der Waals surface area (Å²) in [5.74, 6) is 2.39. The second-order valence-electron chi connectivity index (χ2n) is 5.83. The van der Waals surface area contributed by atoms with Crippen LogP contribution in [-0.4, -0.2) is 12.9 Å². The van der Waals surface area contributed by atoms with Crippen molar-refractivity contribution in [1.29, 1.82) is 0 Å². The monoisotopic (exact) mass is 342 g/mol. The summed E-state index contributed by atoms with van der Waals surface area (Å²) in [4.78, 5) is 4.26. The molecule has 0 fully saturated rings. The molecule has 0 radical (unpaired) electrons. The number of hydrogen-bond acceptors (Lipinski definition) is 2. The summed E-state index contributed by atoms with van der Waals surface area (Å²) < 4.78 is 6.04. The van der Waals surface area contributed by atoms with Gasteiger partial charge in [0.05, 0.1) is 0 Å². The Kier molecular flexibility index (Phi) is 6.04. The third-order valence-electron chi connectivity index (χ3n) is 3.57. The third kappa shape index (κ3) is 4.87. The van der Waals surface area contributed by atoms with Gasteiger partial charge >= 0.3 is 0 Å². The number of ether oxygens (including phenoxy) is 1. The van der Waals surface area contributed by atoms with Gasteiger partial charge in [-0.3, -0.25) is 4.99 Å². The number of rotatable bonds is 4. The van der Waals surface area contributed by atoms with Gasteiger partial charge in [-0.15, -0.1) is 0 Å². The Morgan fingerprint density at radius 1 is 1.08 bits per heavy atom. The highest BCUT2D eigenvalue weighted by molar-refractivity contribution is 6.30. The van der Waals surface area contributed by atoms with Gasteiger partial charge in [-0.1, -0.05) is 29.3 Å². The molecule has 0 aliphatic rings. The van der Waals surface area contributed by atoms with Gasteiger partial charge < -0.3 is 10.1 Å². The number of nitrogens with zero attached hydrogens (tertiary/aromatic N) is 1. The van der Waals surface area contributed by atoms with Crippen LogP contribution in [0.4, 0.5) is 5.69 Å². The molecule has 0 spiro atoms. The fourth-order valence-corrected chi connectivity index (χ4v) is 2.67. The summed E-state index contributed by atoms with van der Waals surface area (Å²) in [7, 11) is 1.74. The van der Waals surface area contributed by atoms with Gasteiger partial charge in [-0.25, -0.2) is 0 Å². The molecule has 0 saturated carbocycles. The number of halogens is 1. The van der Waals surface area contributed by atoms with Crippen molar-refractivity contribution >= 4 is 23.1 Å². The number of amidine groups is 1. The zero-order valence-corrected chi connectivity index (χ0v) is 15.5. The minimum atomic E-state index is 0.705. The molecule has 3 nitrogen and oxygen atoms in total. The van der Waals surface area contributed by atoms with Crippen LogP contribution in [0.5, 0.6) is 5.75 Å². The molecule has 0 aromatic heterocycles. The van der Waals surface area contributed by atoms with Crippen LogP contribution in [0.15, 0.2) is 53.2 Å². The summed E-state index contributed by atoms with van der Waals surface area (Å²) in [6, 6.07) is 11.7. The molecule has 24 heavy (non-hydrogen) atoms. The van der Waals surface area contributed by atoms with Crippen LogP contribution in [0, 0.1) is 20.8 Å². The van der Waals surface area contributed by atoms with Gasteiger partial charge in [0.15, 0.2) is 0 Å². The summed E-state index contributed by atoms with van der Waals surface area (Å²) >= 11 is 5.91. The van der Waals surface area contributed by atoms with E-state index in [1.54, 1.807) is 7.05 Å². The van der Waals surface area contributed by atoms with Crippen LogP contribution < -0.4 is 10.1 Å². The first-order chi connectivity index (χ1) is 11.4. The molecule has 2 rings (SSSR count). The number of benzene rings is 2. The van der Waals surface area contributed by atoms with Crippen molar-refractivity contribution in [3.05, 3.63) is 69.9 Å². The number of nitrogens with one attached hydrogen (secondary N) is 1. The van der Waals surface area contributed by atoms with E-state index in [1.165, 1.54) is 5.56 Å². The van der Waals surface area contributed by atoms with E-state index in [-0.39, 0.29) is 0 Å². The molecule has 0 heterocycles. The highest BCUT2D eigenvalue weighted by Gasteiger charge is 2.07. The second kappa shape index (κ2) is 8.02. The lowest BCUT2D eigenvalue weighted by Gasteiger charge is -2.14. The van der Waals surface area contributed by atoms with E-state index in [1.807, 2.05) is 37.3 Å². The topological polar surface area (TPSA) is 33.6 Å². The zero-order chi connectivity index (χ0) is 17.7. The van der Waals surface area contributed by atoms with Crippen molar-refractivity contribution in [1.82, 2.24) is 0 Å². The lowest BCUT2D eigenvalue weighted by molar-refractivity contribution is 0.422. The van der Waals surface area contributed by atoms with Crippen LogP contribution in [0.1, 0.15) is 23.6 Å². The first-order valence-corrected chi connectivity index (χ1v) is 8.20. The lowest BCUT2D eigenvalue weighted by Crippen LogP contribution is -2.10. The molecule has 0 amide bonds. The standard InChI is InChI=1S/C20H23ClN2O/c1-13-10-14(2)20(15(3)11-13)24-16(4)12-19(22-5)23-18-8-6-17(21)7-9-18/h6-12H,1-5H3,(H,22,23)/b16-12+. The first kappa shape index (κ1) is 18.1. The van der Waals surface area contributed by atoms with Gasteiger partial charge in [0.25, 0.3) is 0 Å². The highest BCUT2D eigenvalue weighted by Crippen LogP contribution is 2.26. The minimum Gasteiger partial charge on any atom is -0.461 e. The molecule has 0 aliphatic heterocycles. The number of anilines is 1. The van der Waals surface area contributed by atoms with Crippen molar-refractivity contribution in [3.63, 3.8) is 0 Å². The Labute approximate surface area is 149 Å². The fraction of sp³-hybridized carbons (Fsp3) is 0.250. The summed E-state index contributed by atoms with van der Waals surface area (Å²) in [6.07, 6.45) is 1.88. The van der Waals surface area contributed by atoms with Crippen molar-refractivity contribution in [2.24, 2.45) is 4.99 Å². The van der Waals surface area contributed by atoms with Gasteiger partial charge in [-0.2, -0.15) is 0 Å². The highest BCUT2D eigenvalue weighted by atomic mass is 35.5. The largest absolute Gasteiger partial charge is 0.461 e. The van der Waals surface area contributed by atoms with E-state index in [9.17, 15) is 0 Å². The quantitative estimate of drug-likeness (QED) is 0.440. The van der Waals surface area contributed by atoms with E-state index in [4.69, 9.17) is 16.3 Å². The molecule has 0 unspecified atom stereocenters. The van der Waals surface area contributed by atoms with Gasteiger partial charge in [-0.05, 0) is 63.1 Å². The molecule has 2 aromatic rings. The molecule has 0 atom stereocenters. The van der Waals surface area contributed by atoms with Gasteiger partial charge in [0.1, 0.15) is 17.3 Å². The Bertz CT molecular complexity index is 754. The smallest absolute Gasteiger partial charge is 0.132 e. The van der Waals surface area contributed by atoms with Crippen molar-refractivity contribution in [3.8, 4) is 5.75 Å². The molecule has 4 heteroatoms. The maximum absolute atomic E-state index is 6.04. The normalized spacial score (nSPS) is 12.2. The average molecular weight is 343 g/mol. The van der Waals surface area contributed by atoms with Crippen LogP contribution in [0.3, 0.4) is 0 Å². The number of aliphatic imine (C=N–C) groups is 1. The number of allylic oxidation sites excluding steroid dienone is 1. The number of hydrogen-bond donors (Lipinski definition) is 1. The first-order valence-electron chi connectivity index (χ1n) is 7.82. The molecule has 0 saturated heterocycles. The van der Waals surface area contributed by atoms with Crippen LogP contribution in [0.25, 0.3) is 0 Å². The predicted octanol–water partition coefficient (Wildman–Crippen LogP) is 5.69. The van der Waals surface area contributed by atoms with Gasteiger partial charge in [0.2, 0.25) is 0 Å². The van der Waals surface area contributed by atoms with E-state index in [0.717, 1.165) is 34.2 Å². The Morgan fingerprint density at radius 3 is 2.21 bits per heavy atom. The molecule has 0 aliphatic carbocycles. The molecular weight excluding hydrogens is 320 g/mol. The molecular formula is C20H23ClN2O. The number of aryl methyl sites for hydroxylation is 3. The van der Waals surface area contributed by atoms with Crippen LogP contribution in [0.2, 0.25) is 5.02 Å². The van der Waals surface area contributed by atoms with E-state index >= 15 is 0 Å². The molecule has 1 N–H and O–H groups in total. The Balaban J connectivity index is 2.15. The minimum absolute atomic E-state index is 0.705. The Hall–Kier alpha value is -2.26. The fourth-order valence-electron chi connectivity index (χ4n) is 2.55. The van der Waals surface area contributed by atoms with Crippen molar-refractivity contribution in [2.75, 3.05) is 12.4 Å². The van der Waals surface area contributed by atoms with E-state index in [2.05, 4.69) is 43.2 Å². The third-order valence-corrected chi connectivity index (χ3v) is 3.82. The van der Waals surface area contributed by atoms with Crippen LogP contribution >= 0.6 is 11.6 Å². The molecule has 126 valence electrons. The van der Waals surface area contributed by atoms with Crippen molar-refractivity contribution in [2.45, 2.75) is 27.7 Å².